The highest BCUT2D eigenvalue weighted by atomic mass is 32.2. The maximum Gasteiger partial charge on any atom is 0.164 e. The van der Waals surface area contributed by atoms with Gasteiger partial charge in [0.1, 0.15) is 5.37 Å². The zero-order valence-electron chi connectivity index (χ0n) is 9.35. The quantitative estimate of drug-likeness (QED) is 0.771. The second-order valence-corrected chi connectivity index (χ2v) is 7.38. The molecule has 1 heterocycles. The first-order chi connectivity index (χ1) is 6.96. The Hall–Kier alpha value is 0.220. The summed E-state index contributed by atoms with van der Waals surface area (Å²) in [6.45, 7) is 3.52. The third kappa shape index (κ3) is 3.62. The van der Waals surface area contributed by atoms with Crippen molar-refractivity contribution in [2.75, 3.05) is 30.9 Å². The van der Waals surface area contributed by atoms with Crippen molar-refractivity contribution >= 4 is 21.6 Å². The van der Waals surface area contributed by atoms with Gasteiger partial charge in [0.15, 0.2) is 9.84 Å². The molecule has 0 saturated carbocycles. The van der Waals surface area contributed by atoms with E-state index in [1.54, 1.807) is 11.8 Å². The van der Waals surface area contributed by atoms with E-state index in [2.05, 4.69) is 11.8 Å². The average molecular weight is 252 g/mol. The van der Waals surface area contributed by atoms with E-state index >= 15 is 0 Å². The molecule has 0 aliphatic carbocycles. The highest BCUT2D eigenvalue weighted by molar-refractivity contribution is 8.00. The van der Waals surface area contributed by atoms with Gasteiger partial charge in [-0.15, -0.1) is 0 Å². The van der Waals surface area contributed by atoms with Gasteiger partial charge in [-0.1, -0.05) is 0 Å². The number of rotatable bonds is 4. The Morgan fingerprint density at radius 3 is 2.80 bits per heavy atom. The van der Waals surface area contributed by atoms with Gasteiger partial charge in [-0.05, 0) is 19.9 Å². The van der Waals surface area contributed by atoms with Crippen molar-refractivity contribution in [3.05, 3.63) is 0 Å². The van der Waals surface area contributed by atoms with E-state index in [1.807, 2.05) is 0 Å². The molecule has 2 atom stereocenters. The Kier molecular flexibility index (Phi) is 4.89. The molecule has 0 aromatic heterocycles. The molecule has 1 saturated heterocycles. The molecular weight excluding hydrogens is 232 g/mol. The number of nitrogens with two attached hydrogens (primary N) is 1. The summed E-state index contributed by atoms with van der Waals surface area (Å²) in [5, 5.41) is -0.321. The molecule has 0 spiro atoms. The lowest BCUT2D eigenvalue weighted by atomic mass is 10.2. The van der Waals surface area contributed by atoms with Crippen LogP contribution in [0.3, 0.4) is 0 Å². The van der Waals surface area contributed by atoms with E-state index in [0.29, 0.717) is 12.3 Å². The molecule has 90 valence electrons. The summed E-state index contributed by atoms with van der Waals surface area (Å²) in [5.41, 5.74) is 5.51. The molecule has 1 rings (SSSR count). The second kappa shape index (κ2) is 5.52. The molecule has 15 heavy (non-hydrogen) atoms. The third-order valence-corrected chi connectivity index (χ3v) is 5.43. The first-order valence-corrected chi connectivity index (χ1v) is 8.30. The zero-order valence-corrected chi connectivity index (χ0v) is 11.0. The smallest absolute Gasteiger partial charge is 0.164 e. The van der Waals surface area contributed by atoms with E-state index in [1.165, 1.54) is 6.26 Å². The van der Waals surface area contributed by atoms with E-state index in [0.717, 1.165) is 18.7 Å². The average Bonchev–Trinajstić information content (AvgIpc) is 2.17. The van der Waals surface area contributed by atoms with Crippen LogP contribution in [0, 0.1) is 0 Å². The molecule has 0 radical (unpaired) electrons. The zero-order chi connectivity index (χ0) is 11.5. The highest BCUT2D eigenvalue weighted by Gasteiger charge is 2.33. The lowest BCUT2D eigenvalue weighted by molar-refractivity contribution is 0.198. The summed E-state index contributed by atoms with van der Waals surface area (Å²) in [4.78, 5) is 2.08. The van der Waals surface area contributed by atoms with Crippen LogP contribution in [0.5, 0.6) is 0 Å². The third-order valence-electron chi connectivity index (χ3n) is 2.77. The van der Waals surface area contributed by atoms with Gasteiger partial charge in [-0.25, -0.2) is 8.42 Å². The summed E-state index contributed by atoms with van der Waals surface area (Å²) >= 11 is 1.72. The minimum atomic E-state index is -2.97. The highest BCUT2D eigenvalue weighted by Crippen LogP contribution is 2.23. The van der Waals surface area contributed by atoms with Crippen LogP contribution < -0.4 is 5.73 Å². The summed E-state index contributed by atoms with van der Waals surface area (Å²) in [7, 11) is -2.97. The van der Waals surface area contributed by atoms with Gasteiger partial charge in [-0.3, -0.25) is 4.90 Å². The molecule has 4 nitrogen and oxygen atoms in total. The van der Waals surface area contributed by atoms with Crippen molar-refractivity contribution in [3.63, 3.8) is 0 Å². The minimum absolute atomic E-state index is 0.260. The Balaban J connectivity index is 2.74. The fourth-order valence-corrected chi connectivity index (χ4v) is 4.86. The second-order valence-electron chi connectivity index (χ2n) is 4.02. The lowest BCUT2D eigenvalue weighted by Gasteiger charge is -2.38. The number of hydrogen-bond donors (Lipinski definition) is 1. The molecular formula is C9H20N2O2S2. The van der Waals surface area contributed by atoms with Gasteiger partial charge < -0.3 is 5.73 Å². The van der Waals surface area contributed by atoms with Crippen molar-refractivity contribution in [2.24, 2.45) is 5.73 Å². The SMILES string of the molecule is CC(CCN)N1CCSCC1S(C)(=O)=O. The molecule has 0 bridgehead atoms. The normalized spacial score (nSPS) is 26.5. The van der Waals surface area contributed by atoms with E-state index in [4.69, 9.17) is 5.73 Å². The summed E-state index contributed by atoms with van der Waals surface area (Å²) in [6, 6.07) is 0.260. The molecule has 1 aliphatic heterocycles. The largest absolute Gasteiger partial charge is 0.330 e. The van der Waals surface area contributed by atoms with E-state index in [-0.39, 0.29) is 11.4 Å². The van der Waals surface area contributed by atoms with Gasteiger partial charge in [-0.2, -0.15) is 11.8 Å². The van der Waals surface area contributed by atoms with Crippen LogP contribution in [-0.2, 0) is 9.84 Å². The van der Waals surface area contributed by atoms with E-state index in [9.17, 15) is 8.42 Å². The molecule has 0 amide bonds. The van der Waals surface area contributed by atoms with Crippen LogP contribution in [0.15, 0.2) is 0 Å². The number of hydrogen-bond acceptors (Lipinski definition) is 5. The molecule has 2 N–H and O–H groups in total. The summed E-state index contributed by atoms with van der Waals surface area (Å²) in [5.74, 6) is 1.70. The molecule has 1 aliphatic rings. The van der Waals surface area contributed by atoms with Gasteiger partial charge in [0.2, 0.25) is 0 Å². The fourth-order valence-electron chi connectivity index (χ4n) is 1.87. The summed E-state index contributed by atoms with van der Waals surface area (Å²) < 4.78 is 23.2. The predicted octanol–water partition coefficient (Wildman–Crippen LogP) is 0.143. The molecule has 0 aromatic carbocycles. The first-order valence-electron chi connectivity index (χ1n) is 5.19. The van der Waals surface area contributed by atoms with Crippen LogP contribution in [0.1, 0.15) is 13.3 Å². The first kappa shape index (κ1) is 13.3. The maximum atomic E-state index is 11.6. The van der Waals surface area contributed by atoms with E-state index < -0.39 is 9.84 Å². The standard InChI is InChI=1S/C9H20N2O2S2/c1-8(3-4-10)11-5-6-14-7-9(11)15(2,12)13/h8-9H,3-7,10H2,1-2H3. The number of sulfone groups is 1. The predicted molar refractivity (Wildman–Crippen MR) is 65.8 cm³/mol. The lowest BCUT2D eigenvalue weighted by Crippen LogP contribution is -2.51. The monoisotopic (exact) mass is 252 g/mol. The van der Waals surface area contributed by atoms with Crippen molar-refractivity contribution < 1.29 is 8.42 Å². The number of nitrogens with zero attached hydrogens (tertiary/aromatic N) is 1. The fraction of sp³-hybridized carbons (Fsp3) is 1.00. The molecule has 0 aromatic rings. The van der Waals surface area contributed by atoms with Crippen molar-refractivity contribution in [1.82, 2.24) is 4.90 Å². The van der Waals surface area contributed by atoms with Crippen LogP contribution >= 0.6 is 11.8 Å². The van der Waals surface area contributed by atoms with Gasteiger partial charge in [0, 0.05) is 30.3 Å². The van der Waals surface area contributed by atoms with Crippen molar-refractivity contribution in [2.45, 2.75) is 24.8 Å². The Bertz CT molecular complexity index is 292. The van der Waals surface area contributed by atoms with Crippen molar-refractivity contribution in [3.8, 4) is 0 Å². The summed E-state index contributed by atoms with van der Waals surface area (Å²) in [6.07, 6.45) is 2.18. The molecule has 1 fully saturated rings. The van der Waals surface area contributed by atoms with Crippen LogP contribution in [-0.4, -0.2) is 55.6 Å². The van der Waals surface area contributed by atoms with Crippen LogP contribution in [0.2, 0.25) is 0 Å². The van der Waals surface area contributed by atoms with Crippen LogP contribution in [0.4, 0.5) is 0 Å². The maximum absolute atomic E-state index is 11.6. The van der Waals surface area contributed by atoms with Gasteiger partial charge in [0.05, 0.1) is 0 Å². The van der Waals surface area contributed by atoms with Crippen molar-refractivity contribution in [1.29, 1.82) is 0 Å². The van der Waals surface area contributed by atoms with Gasteiger partial charge >= 0.3 is 0 Å². The minimum Gasteiger partial charge on any atom is -0.330 e. The molecule has 6 heteroatoms. The topological polar surface area (TPSA) is 63.4 Å². The Morgan fingerprint density at radius 2 is 2.27 bits per heavy atom. The van der Waals surface area contributed by atoms with Gasteiger partial charge in [0.25, 0.3) is 0 Å². The number of thioether (sulfide) groups is 1. The Labute approximate surface area is 96.5 Å². The van der Waals surface area contributed by atoms with Crippen LogP contribution in [0.25, 0.3) is 0 Å². The molecule has 2 unspecified atom stereocenters. The Morgan fingerprint density at radius 1 is 1.60 bits per heavy atom.